The third-order valence-electron chi connectivity index (χ3n) is 4.38. The number of ether oxygens (including phenoxy) is 2. The summed E-state index contributed by atoms with van der Waals surface area (Å²) in [5, 5.41) is 7.39. The van der Waals surface area contributed by atoms with Crippen LogP contribution in [-0.4, -0.2) is 36.0 Å². The average Bonchev–Trinajstić information content (AvgIpc) is 3.03. The lowest BCUT2D eigenvalue weighted by atomic mass is 10.1. The van der Waals surface area contributed by atoms with Crippen LogP contribution in [0.2, 0.25) is 5.15 Å². The number of hydrogen-bond donors (Lipinski definition) is 1. The van der Waals surface area contributed by atoms with Crippen LogP contribution in [0.5, 0.6) is 11.5 Å². The summed E-state index contributed by atoms with van der Waals surface area (Å²) >= 11 is 6.40. The van der Waals surface area contributed by atoms with Crippen molar-refractivity contribution in [1.82, 2.24) is 15.1 Å². The van der Waals surface area contributed by atoms with Gasteiger partial charge in [0.1, 0.15) is 5.15 Å². The number of hydrogen-bond acceptors (Lipinski definition) is 4. The van der Waals surface area contributed by atoms with Gasteiger partial charge in [0.15, 0.2) is 11.5 Å². The molecule has 0 unspecified atom stereocenters. The summed E-state index contributed by atoms with van der Waals surface area (Å²) in [7, 11) is 1.37. The molecular weight excluding hydrogens is 416 g/mol. The third kappa shape index (κ3) is 4.88. The lowest BCUT2D eigenvalue weighted by molar-refractivity contribution is -0.0512. The molecule has 1 N–H and O–H groups in total. The Hall–Kier alpha value is -3.13. The van der Waals surface area contributed by atoms with Gasteiger partial charge in [0.2, 0.25) is 0 Å². The maximum atomic E-state index is 12.6. The molecule has 0 spiro atoms. The summed E-state index contributed by atoms with van der Waals surface area (Å²) in [6.07, 6.45) is 0.459. The summed E-state index contributed by atoms with van der Waals surface area (Å²) in [5.41, 5.74) is 2.36. The van der Waals surface area contributed by atoms with Gasteiger partial charge in [-0.05, 0) is 43.2 Å². The first kappa shape index (κ1) is 21.6. The Morgan fingerprint density at radius 1 is 1.20 bits per heavy atom. The SMILES string of the molecule is COc1cc(CCNC(=O)c2c(C)nn(-c3ccccc3)c2Cl)ccc1OC(F)F. The van der Waals surface area contributed by atoms with Crippen LogP contribution in [0.4, 0.5) is 8.78 Å². The van der Waals surface area contributed by atoms with Crippen molar-refractivity contribution in [2.45, 2.75) is 20.0 Å². The van der Waals surface area contributed by atoms with E-state index >= 15 is 0 Å². The number of benzene rings is 2. The molecule has 0 aliphatic carbocycles. The molecule has 0 saturated heterocycles. The van der Waals surface area contributed by atoms with Crippen molar-refractivity contribution < 1.29 is 23.0 Å². The Bertz CT molecular complexity index is 1030. The Kier molecular flexibility index (Phi) is 6.89. The van der Waals surface area contributed by atoms with E-state index in [1.807, 2.05) is 30.3 Å². The molecule has 1 amide bonds. The van der Waals surface area contributed by atoms with E-state index in [2.05, 4.69) is 15.2 Å². The van der Waals surface area contributed by atoms with E-state index in [-0.39, 0.29) is 22.6 Å². The van der Waals surface area contributed by atoms with Crippen molar-refractivity contribution in [3.8, 4) is 17.2 Å². The molecule has 0 atom stereocenters. The van der Waals surface area contributed by atoms with E-state index in [0.717, 1.165) is 11.3 Å². The Morgan fingerprint density at radius 3 is 2.60 bits per heavy atom. The molecule has 0 fully saturated rings. The minimum atomic E-state index is -2.94. The first-order valence-electron chi connectivity index (χ1n) is 9.11. The number of carbonyl (C=O) groups excluding carboxylic acids is 1. The molecule has 0 aliphatic rings. The van der Waals surface area contributed by atoms with Gasteiger partial charge in [-0.1, -0.05) is 35.9 Å². The molecule has 158 valence electrons. The van der Waals surface area contributed by atoms with Gasteiger partial charge in [-0.2, -0.15) is 13.9 Å². The molecule has 6 nitrogen and oxygen atoms in total. The fraction of sp³-hybridized carbons (Fsp3) is 0.238. The van der Waals surface area contributed by atoms with Crippen molar-refractivity contribution in [1.29, 1.82) is 0 Å². The summed E-state index contributed by atoms with van der Waals surface area (Å²) < 4.78 is 35.8. The summed E-state index contributed by atoms with van der Waals surface area (Å²) in [6.45, 7) is -0.912. The number of nitrogens with zero attached hydrogens (tertiary/aromatic N) is 2. The molecule has 3 rings (SSSR count). The first-order valence-corrected chi connectivity index (χ1v) is 9.49. The molecule has 3 aromatic rings. The molecule has 0 aliphatic heterocycles. The lowest BCUT2D eigenvalue weighted by Crippen LogP contribution is -2.26. The molecule has 30 heavy (non-hydrogen) atoms. The van der Waals surface area contributed by atoms with Crippen LogP contribution in [-0.2, 0) is 6.42 Å². The van der Waals surface area contributed by atoms with Crippen molar-refractivity contribution >= 4 is 17.5 Å². The Labute approximate surface area is 177 Å². The van der Waals surface area contributed by atoms with Gasteiger partial charge in [0.05, 0.1) is 24.1 Å². The predicted molar refractivity (Wildman–Crippen MR) is 109 cm³/mol. The smallest absolute Gasteiger partial charge is 0.387 e. The molecule has 1 heterocycles. The number of rotatable bonds is 8. The number of amides is 1. The van der Waals surface area contributed by atoms with Gasteiger partial charge in [-0.15, -0.1) is 0 Å². The number of aryl methyl sites for hydroxylation is 1. The lowest BCUT2D eigenvalue weighted by Gasteiger charge is -2.11. The minimum absolute atomic E-state index is 0.0454. The van der Waals surface area contributed by atoms with E-state index in [0.29, 0.717) is 24.2 Å². The molecule has 0 radical (unpaired) electrons. The standard InChI is InChI=1S/C21H20ClF2N3O3/c1-13-18(19(22)27(26-13)15-6-4-3-5-7-15)20(28)25-11-10-14-8-9-16(30-21(23)24)17(12-14)29-2/h3-9,12,21H,10-11H2,1-2H3,(H,25,28). The molecule has 0 bridgehead atoms. The van der Waals surface area contributed by atoms with E-state index in [9.17, 15) is 13.6 Å². The molecule has 0 saturated carbocycles. The number of aromatic nitrogens is 2. The highest BCUT2D eigenvalue weighted by Gasteiger charge is 2.21. The van der Waals surface area contributed by atoms with E-state index in [4.69, 9.17) is 16.3 Å². The molecular formula is C21H20ClF2N3O3. The average molecular weight is 436 g/mol. The second-order valence-electron chi connectivity index (χ2n) is 6.37. The number of methoxy groups -OCH3 is 1. The fourth-order valence-corrected chi connectivity index (χ4v) is 3.32. The fourth-order valence-electron chi connectivity index (χ4n) is 2.97. The predicted octanol–water partition coefficient (Wildman–Crippen LogP) is 4.42. The molecule has 1 aromatic heterocycles. The van der Waals surface area contributed by atoms with E-state index in [1.165, 1.54) is 17.9 Å². The highest BCUT2D eigenvalue weighted by atomic mass is 35.5. The summed E-state index contributed by atoms with van der Waals surface area (Å²) in [4.78, 5) is 12.6. The van der Waals surface area contributed by atoms with E-state index in [1.54, 1.807) is 19.1 Å². The van der Waals surface area contributed by atoms with Crippen LogP contribution in [0, 0.1) is 6.92 Å². The van der Waals surface area contributed by atoms with Crippen molar-refractivity contribution in [3.63, 3.8) is 0 Å². The highest BCUT2D eigenvalue weighted by Crippen LogP contribution is 2.29. The number of alkyl halides is 2. The minimum Gasteiger partial charge on any atom is -0.493 e. The van der Waals surface area contributed by atoms with Crippen LogP contribution in [0.15, 0.2) is 48.5 Å². The van der Waals surface area contributed by atoms with Crippen molar-refractivity contribution in [2.75, 3.05) is 13.7 Å². The number of halogens is 3. The maximum absolute atomic E-state index is 12.6. The van der Waals surface area contributed by atoms with Crippen molar-refractivity contribution in [2.24, 2.45) is 0 Å². The normalized spacial score (nSPS) is 10.9. The van der Waals surface area contributed by atoms with Crippen LogP contribution in [0.25, 0.3) is 5.69 Å². The zero-order valence-corrected chi connectivity index (χ0v) is 17.1. The third-order valence-corrected chi connectivity index (χ3v) is 4.72. The van der Waals surface area contributed by atoms with Crippen LogP contribution in [0.3, 0.4) is 0 Å². The van der Waals surface area contributed by atoms with Gasteiger partial charge < -0.3 is 14.8 Å². The quantitative estimate of drug-likeness (QED) is 0.569. The van der Waals surface area contributed by atoms with Gasteiger partial charge in [-0.25, -0.2) is 4.68 Å². The highest BCUT2D eigenvalue weighted by molar-refractivity contribution is 6.33. The number of para-hydroxylation sites is 1. The summed E-state index contributed by atoms with van der Waals surface area (Å²) in [6, 6.07) is 13.9. The van der Waals surface area contributed by atoms with Crippen LogP contribution in [0.1, 0.15) is 21.6 Å². The molecule has 9 heteroatoms. The number of nitrogens with one attached hydrogen (secondary N) is 1. The van der Waals surface area contributed by atoms with Crippen LogP contribution >= 0.6 is 11.6 Å². The monoisotopic (exact) mass is 435 g/mol. The Morgan fingerprint density at radius 2 is 1.93 bits per heavy atom. The van der Waals surface area contributed by atoms with Gasteiger partial charge in [-0.3, -0.25) is 4.79 Å². The Balaban J connectivity index is 1.66. The first-order chi connectivity index (χ1) is 14.4. The largest absolute Gasteiger partial charge is 0.493 e. The van der Waals surface area contributed by atoms with Crippen LogP contribution < -0.4 is 14.8 Å². The van der Waals surface area contributed by atoms with Gasteiger partial charge >= 0.3 is 6.61 Å². The maximum Gasteiger partial charge on any atom is 0.387 e. The topological polar surface area (TPSA) is 65.4 Å². The van der Waals surface area contributed by atoms with Gasteiger partial charge in [0.25, 0.3) is 5.91 Å². The zero-order chi connectivity index (χ0) is 21.7. The van der Waals surface area contributed by atoms with Gasteiger partial charge in [0, 0.05) is 6.54 Å². The second kappa shape index (κ2) is 9.58. The summed E-state index contributed by atoms with van der Waals surface area (Å²) in [5.74, 6) is -0.192. The van der Waals surface area contributed by atoms with Crippen molar-refractivity contribution in [3.05, 3.63) is 70.5 Å². The molecule has 2 aromatic carbocycles. The van der Waals surface area contributed by atoms with E-state index < -0.39 is 6.61 Å². The number of carbonyl (C=O) groups is 1. The second-order valence-corrected chi connectivity index (χ2v) is 6.73. The zero-order valence-electron chi connectivity index (χ0n) is 16.4.